The number of amides is 2. The number of nitrogens with one attached hydrogen (secondary N) is 2. The number of aliphatic hydroxyl groups excluding tert-OH is 1. The first-order valence-electron chi connectivity index (χ1n) is 8.45. The smallest absolute Gasteiger partial charge is 0.314 e. The molecule has 0 fully saturated rings. The predicted molar refractivity (Wildman–Crippen MR) is 94.4 cm³/mol. The van der Waals surface area contributed by atoms with Crippen molar-refractivity contribution < 1.29 is 14.4 Å². The fraction of sp³-hybridized carbons (Fsp3) is 0.500. The molecule has 7 nitrogen and oxygen atoms in total. The average Bonchev–Trinajstić information content (AvgIpc) is 3.01. The van der Waals surface area contributed by atoms with E-state index >= 15 is 0 Å². The minimum atomic E-state index is -0.742. The maximum atomic E-state index is 11.8. The van der Waals surface area contributed by atoms with Gasteiger partial charge in [-0.05, 0) is 19.4 Å². The molecule has 0 radical (unpaired) electrons. The minimum Gasteiger partial charge on any atom is -0.387 e. The highest BCUT2D eigenvalue weighted by Gasteiger charge is 2.12. The van der Waals surface area contributed by atoms with Gasteiger partial charge in [0, 0.05) is 25.4 Å². The van der Waals surface area contributed by atoms with E-state index in [2.05, 4.69) is 20.8 Å². The monoisotopic (exact) mass is 346 g/mol. The first-order chi connectivity index (χ1) is 11.8. The van der Waals surface area contributed by atoms with Crippen LogP contribution < -0.4 is 10.6 Å². The summed E-state index contributed by atoms with van der Waals surface area (Å²) in [4.78, 5) is 16.1. The van der Waals surface area contributed by atoms with E-state index in [1.807, 2.05) is 45.9 Å². The SMILES string of the molecule is Cc1cc(C)cc([C@@H](O)CNC(=O)NCCc2nc(C(C)C)no2)c1. The number of nitrogens with zero attached hydrogens (tertiary/aromatic N) is 2. The Balaban J connectivity index is 1.72. The maximum Gasteiger partial charge on any atom is 0.314 e. The summed E-state index contributed by atoms with van der Waals surface area (Å²) in [6.45, 7) is 8.46. The van der Waals surface area contributed by atoms with Gasteiger partial charge < -0.3 is 20.3 Å². The van der Waals surface area contributed by atoms with Gasteiger partial charge in [-0.1, -0.05) is 48.3 Å². The van der Waals surface area contributed by atoms with Crippen LogP contribution in [0.4, 0.5) is 4.79 Å². The van der Waals surface area contributed by atoms with Crippen LogP contribution in [0, 0.1) is 13.8 Å². The molecule has 2 aromatic rings. The second-order valence-electron chi connectivity index (χ2n) is 6.52. The van der Waals surface area contributed by atoms with Crippen LogP contribution >= 0.6 is 0 Å². The molecular formula is C18H26N4O3. The normalized spacial score (nSPS) is 12.2. The van der Waals surface area contributed by atoms with E-state index in [1.54, 1.807) is 0 Å². The van der Waals surface area contributed by atoms with Gasteiger partial charge in [-0.3, -0.25) is 0 Å². The Morgan fingerprint density at radius 1 is 1.20 bits per heavy atom. The quantitative estimate of drug-likeness (QED) is 0.715. The van der Waals surface area contributed by atoms with Gasteiger partial charge in [0.05, 0.1) is 6.10 Å². The molecule has 25 heavy (non-hydrogen) atoms. The predicted octanol–water partition coefficient (Wildman–Crippen LogP) is 2.39. The Hall–Kier alpha value is -2.41. The third-order valence-corrected chi connectivity index (χ3v) is 3.71. The Kier molecular flexibility index (Phi) is 6.52. The molecule has 0 saturated carbocycles. The minimum absolute atomic E-state index is 0.146. The van der Waals surface area contributed by atoms with Crippen LogP contribution in [0.15, 0.2) is 22.7 Å². The zero-order valence-electron chi connectivity index (χ0n) is 15.2. The van der Waals surface area contributed by atoms with Crippen LogP contribution in [0.3, 0.4) is 0 Å². The molecule has 1 aromatic carbocycles. The van der Waals surface area contributed by atoms with Crippen molar-refractivity contribution in [2.45, 2.75) is 46.1 Å². The number of benzene rings is 1. The highest BCUT2D eigenvalue weighted by atomic mass is 16.5. The van der Waals surface area contributed by atoms with Gasteiger partial charge in [-0.25, -0.2) is 4.79 Å². The number of carbonyl (C=O) groups is 1. The Labute approximate surface area is 147 Å². The fourth-order valence-electron chi connectivity index (χ4n) is 2.46. The summed E-state index contributed by atoms with van der Waals surface area (Å²) in [5.41, 5.74) is 2.96. The molecule has 0 spiro atoms. The summed E-state index contributed by atoms with van der Waals surface area (Å²) >= 11 is 0. The molecule has 136 valence electrons. The van der Waals surface area contributed by atoms with Crippen LogP contribution in [-0.4, -0.2) is 34.4 Å². The lowest BCUT2D eigenvalue weighted by Gasteiger charge is -2.14. The van der Waals surface area contributed by atoms with Crippen molar-refractivity contribution in [1.29, 1.82) is 0 Å². The molecule has 0 aliphatic heterocycles. The van der Waals surface area contributed by atoms with E-state index in [1.165, 1.54) is 0 Å². The summed E-state index contributed by atoms with van der Waals surface area (Å²) in [6.07, 6.45) is -0.277. The van der Waals surface area contributed by atoms with Gasteiger partial charge in [0.2, 0.25) is 5.89 Å². The van der Waals surface area contributed by atoms with Crippen molar-refractivity contribution in [3.63, 3.8) is 0 Å². The topological polar surface area (TPSA) is 100 Å². The number of hydrogen-bond acceptors (Lipinski definition) is 5. The van der Waals surface area contributed by atoms with Crippen molar-refractivity contribution in [2.24, 2.45) is 0 Å². The highest BCUT2D eigenvalue weighted by molar-refractivity contribution is 5.73. The summed E-state index contributed by atoms with van der Waals surface area (Å²) in [7, 11) is 0. The highest BCUT2D eigenvalue weighted by Crippen LogP contribution is 2.16. The molecule has 7 heteroatoms. The number of aliphatic hydroxyl groups is 1. The molecule has 0 saturated heterocycles. The number of urea groups is 1. The molecular weight excluding hydrogens is 320 g/mol. The Morgan fingerprint density at radius 2 is 1.88 bits per heavy atom. The molecule has 1 aromatic heterocycles. The first kappa shape index (κ1) is 18.9. The van der Waals surface area contributed by atoms with Gasteiger partial charge in [0.25, 0.3) is 0 Å². The van der Waals surface area contributed by atoms with Crippen LogP contribution in [0.5, 0.6) is 0 Å². The molecule has 2 rings (SSSR count). The zero-order valence-corrected chi connectivity index (χ0v) is 15.2. The van der Waals surface area contributed by atoms with Crippen molar-refractivity contribution in [1.82, 2.24) is 20.8 Å². The average molecular weight is 346 g/mol. The molecule has 0 bridgehead atoms. The van der Waals surface area contributed by atoms with Crippen LogP contribution in [-0.2, 0) is 6.42 Å². The summed E-state index contributed by atoms with van der Waals surface area (Å²) in [5, 5.41) is 19.4. The largest absolute Gasteiger partial charge is 0.387 e. The van der Waals surface area contributed by atoms with E-state index < -0.39 is 6.10 Å². The van der Waals surface area contributed by atoms with Crippen molar-refractivity contribution in [2.75, 3.05) is 13.1 Å². The van der Waals surface area contributed by atoms with Crippen LogP contribution in [0.25, 0.3) is 0 Å². The fourth-order valence-corrected chi connectivity index (χ4v) is 2.46. The maximum absolute atomic E-state index is 11.8. The van der Waals surface area contributed by atoms with Gasteiger partial charge >= 0.3 is 6.03 Å². The van der Waals surface area contributed by atoms with Crippen LogP contribution in [0.1, 0.15) is 54.3 Å². The van der Waals surface area contributed by atoms with Crippen molar-refractivity contribution in [3.8, 4) is 0 Å². The summed E-state index contributed by atoms with van der Waals surface area (Å²) in [5.74, 6) is 1.37. The van der Waals surface area contributed by atoms with Gasteiger partial charge in [0.15, 0.2) is 5.82 Å². The lowest BCUT2D eigenvalue weighted by molar-refractivity contribution is 0.173. The molecule has 1 atom stereocenters. The number of hydrogen-bond donors (Lipinski definition) is 3. The number of carbonyl (C=O) groups excluding carboxylic acids is 1. The molecule has 0 unspecified atom stereocenters. The number of rotatable bonds is 7. The van der Waals surface area contributed by atoms with Gasteiger partial charge in [-0.2, -0.15) is 4.98 Å². The molecule has 1 heterocycles. The van der Waals surface area contributed by atoms with Crippen molar-refractivity contribution in [3.05, 3.63) is 46.6 Å². The van der Waals surface area contributed by atoms with E-state index in [4.69, 9.17) is 4.52 Å². The standard InChI is InChI=1S/C18H26N4O3/c1-11(2)17-21-16(25-22-17)5-6-19-18(24)20-10-15(23)14-8-12(3)7-13(4)9-14/h7-9,11,15,23H,5-6,10H2,1-4H3,(H2,19,20,24)/t15-/m0/s1. The number of aromatic nitrogens is 2. The van der Waals surface area contributed by atoms with Gasteiger partial charge in [0.1, 0.15) is 0 Å². The lowest BCUT2D eigenvalue weighted by atomic mass is 10.0. The Morgan fingerprint density at radius 3 is 2.48 bits per heavy atom. The third kappa shape index (κ3) is 5.86. The zero-order chi connectivity index (χ0) is 18.4. The molecule has 0 aliphatic rings. The molecule has 2 amide bonds. The van der Waals surface area contributed by atoms with E-state index in [-0.39, 0.29) is 18.5 Å². The molecule has 3 N–H and O–H groups in total. The van der Waals surface area contributed by atoms with Crippen molar-refractivity contribution >= 4 is 6.03 Å². The molecule has 0 aliphatic carbocycles. The van der Waals surface area contributed by atoms with E-state index in [0.29, 0.717) is 24.7 Å². The second kappa shape index (κ2) is 8.62. The lowest BCUT2D eigenvalue weighted by Crippen LogP contribution is -2.38. The number of aryl methyl sites for hydroxylation is 2. The summed E-state index contributed by atoms with van der Waals surface area (Å²) < 4.78 is 5.11. The summed E-state index contributed by atoms with van der Waals surface area (Å²) in [6, 6.07) is 5.53. The third-order valence-electron chi connectivity index (χ3n) is 3.71. The first-order valence-corrected chi connectivity index (χ1v) is 8.45. The van der Waals surface area contributed by atoms with E-state index in [9.17, 15) is 9.90 Å². The second-order valence-corrected chi connectivity index (χ2v) is 6.52. The van der Waals surface area contributed by atoms with Crippen LogP contribution in [0.2, 0.25) is 0 Å². The van der Waals surface area contributed by atoms with E-state index in [0.717, 1.165) is 16.7 Å². The van der Waals surface area contributed by atoms with Gasteiger partial charge in [-0.15, -0.1) is 0 Å². The Bertz CT molecular complexity index is 692.